The predicted molar refractivity (Wildman–Crippen MR) is 51.4 cm³/mol. The van der Waals surface area contributed by atoms with Gasteiger partial charge in [-0.1, -0.05) is 0 Å². The number of phenols is 1. The van der Waals surface area contributed by atoms with Crippen molar-refractivity contribution in [2.45, 2.75) is 0 Å². The molecule has 0 unspecified atom stereocenters. The van der Waals surface area contributed by atoms with E-state index < -0.39 is 21.2 Å². The van der Waals surface area contributed by atoms with E-state index in [4.69, 9.17) is 5.11 Å². The number of fused-ring (bicyclic) bond motifs is 1. The van der Waals surface area contributed by atoms with Crippen LogP contribution in [0.1, 0.15) is 0 Å². The molecule has 0 heterocycles. The summed E-state index contributed by atoms with van der Waals surface area (Å²) in [6, 6.07) is 11.4. The van der Waals surface area contributed by atoms with E-state index in [1.54, 1.807) is 6.07 Å². The molecule has 0 saturated carbocycles. The van der Waals surface area contributed by atoms with Crippen molar-refractivity contribution in [3.8, 4) is 5.75 Å². The van der Waals surface area contributed by atoms with Crippen molar-refractivity contribution in [1.29, 1.82) is 0 Å². The summed E-state index contributed by atoms with van der Waals surface area (Å²) in [4.78, 5) is 0. The van der Waals surface area contributed by atoms with Crippen LogP contribution in [0.4, 0.5) is 0 Å². The fourth-order valence-electron chi connectivity index (χ4n) is 1.45. The van der Waals surface area contributed by atoms with Crippen LogP contribution < -0.4 is 21.2 Å². The average molecular weight is 301 g/mol. The van der Waals surface area contributed by atoms with Crippen LogP contribution in [0.5, 0.6) is 5.75 Å². The Balaban J connectivity index is 2.71. The molecule has 2 N–H and O–H groups in total. The number of aromatic hydroxyl groups is 1. The normalized spacial score (nSPS) is 10.9. The molecular weight excluding hydrogens is 291 g/mol. The molecule has 0 aliphatic carbocycles. The van der Waals surface area contributed by atoms with Crippen molar-refractivity contribution in [3.63, 3.8) is 0 Å². The molecule has 14 heavy (non-hydrogen) atoms. The minimum absolute atomic E-state index is 0.215. The number of alkyl halides is 1. The molecule has 0 amide bonds. The third-order valence-electron chi connectivity index (χ3n) is 2.04. The summed E-state index contributed by atoms with van der Waals surface area (Å²) in [5.74, 6) is 0.311. The minimum atomic E-state index is -0.394. The summed E-state index contributed by atoms with van der Waals surface area (Å²) in [5, 5.41) is 20.6. The van der Waals surface area contributed by atoms with Crippen molar-refractivity contribution in [3.05, 3.63) is 40.0 Å². The number of aliphatic hydroxyl groups excluding tert-OH is 1. The third kappa shape index (κ3) is 1.69. The number of rotatable bonds is 2. The van der Waals surface area contributed by atoms with Gasteiger partial charge in [0.2, 0.25) is 0 Å². The first-order chi connectivity index (χ1) is 6.83. The summed E-state index contributed by atoms with van der Waals surface area (Å²) >= 11 is -0.394. The van der Waals surface area contributed by atoms with Crippen molar-refractivity contribution in [1.82, 2.24) is 0 Å². The van der Waals surface area contributed by atoms with Gasteiger partial charge in [0.1, 0.15) is 0 Å². The Morgan fingerprint density at radius 3 is 2.50 bits per heavy atom. The number of hydrogen-bond donors (Lipinski definition) is 2. The van der Waals surface area contributed by atoms with E-state index in [1.807, 2.05) is 30.3 Å². The van der Waals surface area contributed by atoms with Gasteiger partial charge in [-0.05, 0) is 0 Å². The predicted octanol–water partition coefficient (Wildman–Crippen LogP) is -1.25. The molecule has 3 heteroatoms. The Bertz CT molecular complexity index is 449. The molecule has 0 bridgehead atoms. The number of halogens is 1. The second-order valence-electron chi connectivity index (χ2n) is 2.87. The summed E-state index contributed by atoms with van der Waals surface area (Å²) in [6.07, 6.45) is 0. The van der Waals surface area contributed by atoms with Crippen molar-refractivity contribution >= 4 is 10.8 Å². The average Bonchev–Trinajstić information content (AvgIpc) is 2.19. The van der Waals surface area contributed by atoms with Gasteiger partial charge in [0, 0.05) is 0 Å². The molecule has 0 aliphatic rings. The first kappa shape index (κ1) is 9.73. The first-order valence-electron chi connectivity index (χ1n) is 4.23. The van der Waals surface area contributed by atoms with E-state index in [9.17, 15) is 5.11 Å². The van der Waals surface area contributed by atoms with Crippen molar-refractivity contribution < 1.29 is 31.4 Å². The number of hydrogen-bond acceptors (Lipinski definition) is 2. The molecule has 0 saturated heterocycles. The van der Waals surface area contributed by atoms with Crippen LogP contribution in [-0.2, 0) is 0 Å². The van der Waals surface area contributed by atoms with E-state index in [-0.39, 0.29) is 4.61 Å². The van der Waals surface area contributed by atoms with E-state index in [2.05, 4.69) is 0 Å². The van der Waals surface area contributed by atoms with Crippen LogP contribution >= 0.6 is 0 Å². The molecular formula is C11H10IO2-. The molecule has 0 aliphatic heterocycles. The summed E-state index contributed by atoms with van der Waals surface area (Å²) in [6.45, 7) is 0. The van der Waals surface area contributed by atoms with Crippen LogP contribution in [0, 0.1) is 3.57 Å². The molecule has 0 aromatic heterocycles. The SMILES string of the molecule is OC[I-]c1cccc2cccc(O)c12. The van der Waals surface area contributed by atoms with E-state index >= 15 is 0 Å². The number of phenolic OH excluding ortho intramolecular Hbond substituents is 1. The zero-order valence-electron chi connectivity index (χ0n) is 7.44. The second kappa shape index (κ2) is 4.14. The summed E-state index contributed by atoms with van der Waals surface area (Å²) in [7, 11) is 0. The molecule has 0 atom stereocenters. The number of benzene rings is 2. The Labute approximate surface area is 92.5 Å². The molecule has 0 radical (unpaired) electrons. The molecule has 2 rings (SSSR count). The quantitative estimate of drug-likeness (QED) is 0.538. The topological polar surface area (TPSA) is 40.5 Å². The van der Waals surface area contributed by atoms with Gasteiger partial charge in [0.25, 0.3) is 0 Å². The van der Waals surface area contributed by atoms with E-state index in [0.717, 1.165) is 14.3 Å². The van der Waals surface area contributed by atoms with Gasteiger partial charge in [-0.15, -0.1) is 0 Å². The van der Waals surface area contributed by atoms with Crippen molar-refractivity contribution in [2.75, 3.05) is 4.61 Å². The number of aliphatic hydroxyl groups is 1. The summed E-state index contributed by atoms with van der Waals surface area (Å²) in [5.41, 5.74) is 0. The fourth-order valence-corrected chi connectivity index (χ4v) is 3.25. The zero-order valence-corrected chi connectivity index (χ0v) is 9.60. The molecule has 74 valence electrons. The third-order valence-corrected chi connectivity index (χ3v) is 4.10. The van der Waals surface area contributed by atoms with Crippen LogP contribution in [0.2, 0.25) is 0 Å². The van der Waals surface area contributed by atoms with Gasteiger partial charge >= 0.3 is 92.5 Å². The van der Waals surface area contributed by atoms with Gasteiger partial charge in [-0.3, -0.25) is 0 Å². The maximum atomic E-state index is 9.71. The molecule has 0 fully saturated rings. The van der Waals surface area contributed by atoms with E-state index in [1.165, 1.54) is 0 Å². The van der Waals surface area contributed by atoms with Crippen LogP contribution in [0.15, 0.2) is 36.4 Å². The Morgan fingerprint density at radius 2 is 1.79 bits per heavy atom. The van der Waals surface area contributed by atoms with Crippen LogP contribution in [0.3, 0.4) is 0 Å². The van der Waals surface area contributed by atoms with Crippen molar-refractivity contribution in [2.24, 2.45) is 0 Å². The molecule has 2 aromatic carbocycles. The summed E-state index contributed by atoms with van der Waals surface area (Å²) < 4.78 is 1.31. The van der Waals surface area contributed by atoms with Crippen LogP contribution in [-0.4, -0.2) is 14.8 Å². The Morgan fingerprint density at radius 1 is 1.07 bits per heavy atom. The molecule has 2 nitrogen and oxygen atoms in total. The Hall–Kier alpha value is -0.810. The van der Waals surface area contributed by atoms with Gasteiger partial charge < -0.3 is 0 Å². The first-order valence-corrected chi connectivity index (χ1v) is 6.84. The zero-order chi connectivity index (χ0) is 9.97. The van der Waals surface area contributed by atoms with Gasteiger partial charge in [-0.25, -0.2) is 0 Å². The van der Waals surface area contributed by atoms with Gasteiger partial charge in [0.15, 0.2) is 0 Å². The maximum absolute atomic E-state index is 9.71. The molecule has 0 spiro atoms. The second-order valence-corrected chi connectivity index (χ2v) is 5.48. The fraction of sp³-hybridized carbons (Fsp3) is 0.0909. The van der Waals surface area contributed by atoms with E-state index in [0.29, 0.717) is 5.75 Å². The van der Waals surface area contributed by atoms with Gasteiger partial charge in [-0.2, -0.15) is 0 Å². The van der Waals surface area contributed by atoms with Crippen LogP contribution in [0.25, 0.3) is 10.8 Å². The monoisotopic (exact) mass is 301 g/mol. The Kier molecular flexibility index (Phi) is 2.88. The van der Waals surface area contributed by atoms with Gasteiger partial charge in [0.05, 0.1) is 0 Å². The standard InChI is InChI=1S/C11H10IO2/c13-7-12-9-5-1-3-8-4-2-6-10(14)11(8)9/h1-6,13-14H,7H2/q-1. The molecule has 2 aromatic rings.